The molecular formula is C26H23N3O5. The first-order chi connectivity index (χ1) is 16.5. The van der Waals surface area contributed by atoms with Gasteiger partial charge in [0.05, 0.1) is 26.4 Å². The third kappa shape index (κ3) is 3.48. The lowest BCUT2D eigenvalue weighted by atomic mass is 9.82. The van der Waals surface area contributed by atoms with Crippen LogP contribution < -0.4 is 9.47 Å². The summed E-state index contributed by atoms with van der Waals surface area (Å²) in [4.78, 5) is 26.1. The minimum atomic E-state index is -1.07. The van der Waals surface area contributed by atoms with E-state index in [1.807, 2.05) is 24.3 Å². The summed E-state index contributed by atoms with van der Waals surface area (Å²) in [5.74, 6) is 0.317. The highest BCUT2D eigenvalue weighted by atomic mass is 16.6. The van der Waals surface area contributed by atoms with Gasteiger partial charge in [-0.25, -0.2) is 0 Å². The Balaban J connectivity index is 1.67. The molecule has 0 bridgehead atoms. The van der Waals surface area contributed by atoms with Crippen molar-refractivity contribution >= 4 is 12.0 Å². The molecule has 172 valence electrons. The Labute approximate surface area is 196 Å². The molecule has 0 aliphatic carbocycles. The summed E-state index contributed by atoms with van der Waals surface area (Å²) in [6.45, 7) is 0. The zero-order valence-electron chi connectivity index (χ0n) is 18.7. The first-order valence-electron chi connectivity index (χ1n) is 10.9. The van der Waals surface area contributed by atoms with Gasteiger partial charge in [0.25, 0.3) is 0 Å². The van der Waals surface area contributed by atoms with Gasteiger partial charge in [0.1, 0.15) is 23.6 Å². The Hall–Kier alpha value is -4.20. The van der Waals surface area contributed by atoms with Gasteiger partial charge in [0.2, 0.25) is 6.04 Å². The summed E-state index contributed by atoms with van der Waals surface area (Å²) in [6, 6.07) is 18.8. The van der Waals surface area contributed by atoms with E-state index in [4.69, 9.17) is 9.47 Å². The van der Waals surface area contributed by atoms with E-state index < -0.39 is 24.0 Å². The lowest BCUT2D eigenvalue weighted by molar-refractivity contribution is -0.529. The Morgan fingerprint density at radius 3 is 2.18 bits per heavy atom. The van der Waals surface area contributed by atoms with Crippen LogP contribution in [0.2, 0.25) is 0 Å². The van der Waals surface area contributed by atoms with E-state index in [1.165, 1.54) is 0 Å². The quantitative estimate of drug-likeness (QED) is 0.314. The lowest BCUT2D eigenvalue weighted by Gasteiger charge is -2.30. The van der Waals surface area contributed by atoms with Crippen LogP contribution in [0.5, 0.6) is 11.5 Å². The van der Waals surface area contributed by atoms with Crippen LogP contribution in [-0.4, -0.2) is 48.2 Å². The molecule has 0 N–H and O–H groups in total. The number of nitro groups is 1. The number of hydrogen-bond acceptors (Lipinski definition) is 7. The fraction of sp³-hybridized carbons (Fsp3) is 0.231. The van der Waals surface area contributed by atoms with Gasteiger partial charge in [-0.1, -0.05) is 36.4 Å². The van der Waals surface area contributed by atoms with Crippen LogP contribution in [0.1, 0.15) is 39.0 Å². The normalized spacial score (nSPS) is 22.6. The number of fused-ring (bicyclic) bond motifs is 3. The highest BCUT2D eigenvalue weighted by Crippen LogP contribution is 2.49. The smallest absolute Gasteiger partial charge is 0.248 e. The molecule has 0 radical (unpaired) electrons. The molecule has 0 saturated carbocycles. The van der Waals surface area contributed by atoms with Crippen molar-refractivity contribution in [2.24, 2.45) is 5.10 Å². The van der Waals surface area contributed by atoms with Crippen LogP contribution in [0.4, 0.5) is 0 Å². The average molecular weight is 457 g/mol. The molecule has 1 unspecified atom stereocenters. The molecule has 0 aromatic heterocycles. The SMILES string of the molecule is COc1ccc(C(=O)[C@H]2[C@H](c3ccc(OC)cc3)[C@@H]([N+](=O)[O-])C3c4ccccc4C=NN32)cc1. The van der Waals surface area contributed by atoms with E-state index in [9.17, 15) is 14.9 Å². The minimum Gasteiger partial charge on any atom is -0.497 e. The van der Waals surface area contributed by atoms with Crippen molar-refractivity contribution in [3.63, 3.8) is 0 Å². The molecule has 1 saturated heterocycles. The molecule has 0 spiro atoms. The Kier molecular flexibility index (Phi) is 5.49. The summed E-state index contributed by atoms with van der Waals surface area (Å²) >= 11 is 0. The number of ketones is 1. The lowest BCUT2D eigenvalue weighted by Crippen LogP contribution is -2.38. The maximum Gasteiger partial charge on any atom is 0.248 e. The largest absolute Gasteiger partial charge is 0.497 e. The number of nitrogens with zero attached hydrogens (tertiary/aromatic N) is 3. The maximum atomic E-state index is 13.9. The molecule has 8 heteroatoms. The van der Waals surface area contributed by atoms with Crippen LogP contribution in [0.25, 0.3) is 0 Å². The molecule has 8 nitrogen and oxygen atoms in total. The topological polar surface area (TPSA) is 94.3 Å². The van der Waals surface area contributed by atoms with Crippen molar-refractivity contribution < 1.29 is 19.2 Å². The second-order valence-corrected chi connectivity index (χ2v) is 8.31. The maximum absolute atomic E-state index is 13.9. The third-order valence-corrected chi connectivity index (χ3v) is 6.63. The van der Waals surface area contributed by atoms with Gasteiger partial charge in [0, 0.05) is 16.1 Å². The van der Waals surface area contributed by atoms with Crippen molar-refractivity contribution in [1.82, 2.24) is 5.01 Å². The number of carbonyl (C=O) groups is 1. The highest BCUT2D eigenvalue weighted by Gasteiger charge is 2.60. The molecule has 2 aliphatic rings. The summed E-state index contributed by atoms with van der Waals surface area (Å²) < 4.78 is 10.5. The zero-order chi connectivity index (χ0) is 23.8. The second-order valence-electron chi connectivity index (χ2n) is 8.31. The number of hydrogen-bond donors (Lipinski definition) is 0. The molecule has 2 heterocycles. The van der Waals surface area contributed by atoms with Crippen LogP contribution in [0, 0.1) is 10.1 Å². The van der Waals surface area contributed by atoms with Crippen molar-refractivity contribution in [2.75, 3.05) is 14.2 Å². The number of rotatable bonds is 6. The van der Waals surface area contributed by atoms with Crippen molar-refractivity contribution in [1.29, 1.82) is 0 Å². The van der Waals surface area contributed by atoms with Gasteiger partial charge in [0.15, 0.2) is 5.78 Å². The van der Waals surface area contributed by atoms with Gasteiger partial charge in [-0.2, -0.15) is 5.10 Å². The minimum absolute atomic E-state index is 0.227. The summed E-state index contributed by atoms with van der Waals surface area (Å²) in [5, 5.41) is 18.7. The van der Waals surface area contributed by atoms with Crippen LogP contribution in [0.3, 0.4) is 0 Å². The molecule has 3 aromatic carbocycles. The molecule has 4 atom stereocenters. The molecule has 3 aromatic rings. The Morgan fingerprint density at radius 1 is 0.941 bits per heavy atom. The van der Waals surface area contributed by atoms with E-state index in [0.29, 0.717) is 22.6 Å². The molecule has 0 amide bonds. The highest BCUT2D eigenvalue weighted by molar-refractivity contribution is 6.01. The number of hydrazone groups is 1. The summed E-state index contributed by atoms with van der Waals surface area (Å²) in [5.41, 5.74) is 2.75. The first-order valence-corrected chi connectivity index (χ1v) is 10.9. The number of benzene rings is 3. The molecule has 34 heavy (non-hydrogen) atoms. The molecular weight excluding hydrogens is 434 g/mol. The standard InChI is InChI=1S/C26H23N3O5/c1-33-19-11-7-16(8-12-19)22-24(29(31)32)23-21-6-4-3-5-18(21)15-27-28(23)25(22)26(30)17-9-13-20(34-2)14-10-17/h3-15,22-25H,1-2H3/t22-,23?,24-,25-/m1/s1. The van der Waals surface area contributed by atoms with E-state index in [0.717, 1.165) is 11.1 Å². The second kappa shape index (κ2) is 8.62. The van der Waals surface area contributed by atoms with E-state index in [-0.39, 0.29) is 10.7 Å². The van der Waals surface area contributed by atoms with E-state index >= 15 is 0 Å². The third-order valence-electron chi connectivity index (χ3n) is 6.63. The van der Waals surface area contributed by atoms with Gasteiger partial charge in [-0.15, -0.1) is 0 Å². The summed E-state index contributed by atoms with van der Waals surface area (Å²) in [7, 11) is 3.12. The van der Waals surface area contributed by atoms with Gasteiger partial charge < -0.3 is 9.47 Å². The van der Waals surface area contributed by atoms with E-state index in [1.54, 1.807) is 74.0 Å². The molecule has 2 aliphatic heterocycles. The zero-order valence-corrected chi connectivity index (χ0v) is 18.7. The van der Waals surface area contributed by atoms with Crippen molar-refractivity contribution in [3.8, 4) is 11.5 Å². The van der Waals surface area contributed by atoms with Gasteiger partial charge >= 0.3 is 0 Å². The van der Waals surface area contributed by atoms with Gasteiger partial charge in [-0.05, 0) is 47.5 Å². The van der Waals surface area contributed by atoms with Gasteiger partial charge in [-0.3, -0.25) is 19.9 Å². The fourth-order valence-corrected chi connectivity index (χ4v) is 5.04. The predicted molar refractivity (Wildman–Crippen MR) is 126 cm³/mol. The average Bonchev–Trinajstić information content (AvgIpc) is 3.24. The summed E-state index contributed by atoms with van der Waals surface area (Å²) in [6.07, 6.45) is 1.67. The van der Waals surface area contributed by atoms with Crippen LogP contribution >= 0.6 is 0 Å². The number of Topliss-reactive ketones (excluding diaryl/α,β-unsaturated/α-hetero) is 1. The van der Waals surface area contributed by atoms with Crippen LogP contribution in [-0.2, 0) is 0 Å². The Bertz CT molecular complexity index is 1260. The monoisotopic (exact) mass is 457 g/mol. The fourth-order valence-electron chi connectivity index (χ4n) is 5.04. The predicted octanol–water partition coefficient (Wildman–Crippen LogP) is 4.09. The van der Waals surface area contributed by atoms with E-state index in [2.05, 4.69) is 5.10 Å². The van der Waals surface area contributed by atoms with Crippen molar-refractivity contribution in [2.45, 2.75) is 24.0 Å². The van der Waals surface area contributed by atoms with Crippen molar-refractivity contribution in [3.05, 3.63) is 105 Å². The number of carbonyl (C=O) groups excluding carboxylic acids is 1. The molecule has 1 fully saturated rings. The first kappa shape index (κ1) is 21.6. The number of methoxy groups -OCH3 is 2. The van der Waals surface area contributed by atoms with Crippen LogP contribution in [0.15, 0.2) is 77.9 Å². The number of ether oxygens (including phenoxy) is 2. The Morgan fingerprint density at radius 2 is 1.56 bits per heavy atom. The molecule has 5 rings (SSSR count).